The Morgan fingerprint density at radius 1 is 1.15 bits per heavy atom. The molecule has 0 aliphatic rings. The summed E-state index contributed by atoms with van der Waals surface area (Å²) in [5, 5.41) is 3.08. The van der Waals surface area contributed by atoms with Gasteiger partial charge >= 0.3 is 0 Å². The SMILES string of the molecule is CNCCc1ccc(S(=O)(=O)N(C)C(C)C(C)C)cc1. The Morgan fingerprint density at radius 3 is 2.15 bits per heavy atom. The van der Waals surface area contributed by atoms with Gasteiger partial charge in [0.2, 0.25) is 10.0 Å². The fourth-order valence-corrected chi connectivity index (χ4v) is 3.40. The van der Waals surface area contributed by atoms with Gasteiger partial charge in [0.25, 0.3) is 0 Å². The predicted octanol–water partition coefficient (Wildman–Crippen LogP) is 2.11. The largest absolute Gasteiger partial charge is 0.319 e. The number of nitrogens with zero attached hydrogens (tertiary/aromatic N) is 1. The van der Waals surface area contributed by atoms with Gasteiger partial charge in [0.15, 0.2) is 0 Å². The summed E-state index contributed by atoms with van der Waals surface area (Å²) in [5.74, 6) is 0.282. The van der Waals surface area contributed by atoms with Crippen LogP contribution in [0.2, 0.25) is 0 Å². The van der Waals surface area contributed by atoms with E-state index < -0.39 is 10.0 Å². The normalized spacial score (nSPS) is 13.9. The molecule has 5 heteroatoms. The van der Waals surface area contributed by atoms with Crippen molar-refractivity contribution in [1.29, 1.82) is 0 Å². The molecule has 1 N–H and O–H groups in total. The second-order valence-electron chi connectivity index (χ2n) is 5.50. The summed E-state index contributed by atoms with van der Waals surface area (Å²) in [6.07, 6.45) is 0.898. The third kappa shape index (κ3) is 4.04. The van der Waals surface area contributed by atoms with Crippen molar-refractivity contribution in [1.82, 2.24) is 9.62 Å². The number of rotatable bonds is 7. The second kappa shape index (κ2) is 7.20. The molecule has 1 unspecified atom stereocenters. The minimum Gasteiger partial charge on any atom is -0.319 e. The molecule has 114 valence electrons. The lowest BCUT2D eigenvalue weighted by Crippen LogP contribution is -2.38. The molecule has 4 nitrogen and oxygen atoms in total. The maximum absolute atomic E-state index is 12.5. The number of benzene rings is 1. The highest BCUT2D eigenvalue weighted by atomic mass is 32.2. The number of likely N-dealkylation sites (N-methyl/N-ethyl adjacent to an activating group) is 1. The molecule has 0 radical (unpaired) electrons. The Morgan fingerprint density at radius 2 is 1.70 bits per heavy atom. The Kier molecular flexibility index (Phi) is 6.17. The summed E-state index contributed by atoms with van der Waals surface area (Å²) < 4.78 is 26.5. The quantitative estimate of drug-likeness (QED) is 0.839. The minimum atomic E-state index is -3.40. The van der Waals surface area contributed by atoms with Gasteiger partial charge in [-0.05, 0) is 50.6 Å². The van der Waals surface area contributed by atoms with E-state index in [0.717, 1.165) is 18.5 Å². The fraction of sp³-hybridized carbons (Fsp3) is 0.600. The van der Waals surface area contributed by atoms with Gasteiger partial charge in [-0.3, -0.25) is 0 Å². The number of hydrogen-bond donors (Lipinski definition) is 1. The van der Waals surface area contributed by atoms with Gasteiger partial charge in [-0.25, -0.2) is 8.42 Å². The lowest BCUT2D eigenvalue weighted by Gasteiger charge is -2.27. The zero-order chi connectivity index (χ0) is 15.3. The van der Waals surface area contributed by atoms with Gasteiger partial charge in [0, 0.05) is 13.1 Å². The molecule has 20 heavy (non-hydrogen) atoms. The third-order valence-electron chi connectivity index (χ3n) is 3.80. The summed E-state index contributed by atoms with van der Waals surface area (Å²) >= 11 is 0. The van der Waals surface area contributed by atoms with Crippen molar-refractivity contribution in [3.05, 3.63) is 29.8 Å². The van der Waals surface area contributed by atoms with Crippen molar-refractivity contribution < 1.29 is 8.42 Å². The summed E-state index contributed by atoms with van der Waals surface area (Å²) in [4.78, 5) is 0.362. The average Bonchev–Trinajstić information content (AvgIpc) is 2.43. The monoisotopic (exact) mass is 298 g/mol. The predicted molar refractivity (Wildman–Crippen MR) is 83.3 cm³/mol. The fourth-order valence-electron chi connectivity index (χ4n) is 1.90. The molecule has 0 aromatic heterocycles. The van der Waals surface area contributed by atoms with Crippen LogP contribution >= 0.6 is 0 Å². The van der Waals surface area contributed by atoms with E-state index in [-0.39, 0.29) is 12.0 Å². The second-order valence-corrected chi connectivity index (χ2v) is 7.50. The summed E-state index contributed by atoms with van der Waals surface area (Å²) in [7, 11) is 0.149. The molecule has 1 atom stereocenters. The number of sulfonamides is 1. The Bertz CT molecular complexity index is 509. The van der Waals surface area contributed by atoms with Gasteiger partial charge < -0.3 is 5.32 Å². The van der Waals surface area contributed by atoms with E-state index in [1.807, 2.05) is 40.0 Å². The maximum atomic E-state index is 12.5. The van der Waals surface area contributed by atoms with E-state index >= 15 is 0 Å². The van der Waals surface area contributed by atoms with Gasteiger partial charge in [0.05, 0.1) is 4.90 Å². The van der Waals surface area contributed by atoms with E-state index in [0.29, 0.717) is 4.90 Å². The molecule has 0 aliphatic carbocycles. The van der Waals surface area contributed by atoms with Crippen molar-refractivity contribution in [2.45, 2.75) is 38.1 Å². The molecule has 0 heterocycles. The molecular weight excluding hydrogens is 272 g/mol. The molecule has 0 saturated heterocycles. The molecule has 0 spiro atoms. The van der Waals surface area contributed by atoms with E-state index in [1.54, 1.807) is 19.2 Å². The van der Waals surface area contributed by atoms with Gasteiger partial charge in [-0.2, -0.15) is 4.31 Å². The summed E-state index contributed by atoms with van der Waals surface area (Å²) in [6.45, 7) is 6.87. The van der Waals surface area contributed by atoms with Crippen LogP contribution in [-0.2, 0) is 16.4 Å². The van der Waals surface area contributed by atoms with Crippen LogP contribution in [0.15, 0.2) is 29.2 Å². The van der Waals surface area contributed by atoms with Crippen LogP contribution in [0, 0.1) is 5.92 Å². The lowest BCUT2D eigenvalue weighted by molar-refractivity contribution is 0.316. The molecule has 1 aromatic carbocycles. The van der Waals surface area contributed by atoms with Gasteiger partial charge in [0.1, 0.15) is 0 Å². The first kappa shape index (κ1) is 17.1. The van der Waals surface area contributed by atoms with Crippen molar-refractivity contribution in [2.75, 3.05) is 20.6 Å². The van der Waals surface area contributed by atoms with Crippen LogP contribution in [-0.4, -0.2) is 39.4 Å². The highest BCUT2D eigenvalue weighted by molar-refractivity contribution is 7.89. The Balaban J connectivity index is 2.93. The molecule has 0 saturated carbocycles. The number of nitrogens with one attached hydrogen (secondary N) is 1. The molecule has 0 amide bonds. The first-order chi connectivity index (χ1) is 9.30. The summed E-state index contributed by atoms with van der Waals surface area (Å²) in [5.41, 5.74) is 1.14. The third-order valence-corrected chi connectivity index (χ3v) is 5.76. The highest BCUT2D eigenvalue weighted by Gasteiger charge is 2.26. The Labute approximate surface area is 123 Å². The lowest BCUT2D eigenvalue weighted by atomic mass is 10.1. The van der Waals surface area contributed by atoms with Crippen LogP contribution in [0.3, 0.4) is 0 Å². The smallest absolute Gasteiger partial charge is 0.243 e. The van der Waals surface area contributed by atoms with Crippen LogP contribution in [0.25, 0.3) is 0 Å². The average molecular weight is 298 g/mol. The molecule has 1 rings (SSSR count). The van der Waals surface area contributed by atoms with Crippen molar-refractivity contribution >= 4 is 10.0 Å². The van der Waals surface area contributed by atoms with Crippen molar-refractivity contribution in [2.24, 2.45) is 5.92 Å². The molecule has 0 bridgehead atoms. The first-order valence-electron chi connectivity index (χ1n) is 7.02. The highest BCUT2D eigenvalue weighted by Crippen LogP contribution is 2.20. The van der Waals surface area contributed by atoms with Crippen LogP contribution in [0.5, 0.6) is 0 Å². The van der Waals surface area contributed by atoms with E-state index in [9.17, 15) is 8.42 Å². The zero-order valence-electron chi connectivity index (χ0n) is 13.1. The summed E-state index contributed by atoms with van der Waals surface area (Å²) in [6, 6.07) is 7.15. The van der Waals surface area contributed by atoms with Crippen molar-refractivity contribution in [3.63, 3.8) is 0 Å². The molecule has 0 fully saturated rings. The molecule has 1 aromatic rings. The maximum Gasteiger partial charge on any atom is 0.243 e. The molecule has 0 aliphatic heterocycles. The van der Waals surface area contributed by atoms with Crippen molar-refractivity contribution in [3.8, 4) is 0 Å². The van der Waals surface area contributed by atoms with Gasteiger partial charge in [-0.1, -0.05) is 26.0 Å². The van der Waals surface area contributed by atoms with E-state index in [4.69, 9.17) is 0 Å². The molecular formula is C15H26N2O2S. The van der Waals surface area contributed by atoms with Gasteiger partial charge in [-0.15, -0.1) is 0 Å². The first-order valence-corrected chi connectivity index (χ1v) is 8.46. The topological polar surface area (TPSA) is 49.4 Å². The minimum absolute atomic E-state index is 0.0241. The number of hydrogen-bond acceptors (Lipinski definition) is 3. The van der Waals surface area contributed by atoms with Crippen LogP contribution in [0.4, 0.5) is 0 Å². The van der Waals surface area contributed by atoms with E-state index in [1.165, 1.54) is 4.31 Å². The zero-order valence-corrected chi connectivity index (χ0v) is 13.9. The standard InChI is InChI=1S/C15H26N2O2S/c1-12(2)13(3)17(5)20(18,19)15-8-6-14(7-9-15)10-11-16-4/h6-9,12-13,16H,10-11H2,1-5H3. The van der Waals surface area contributed by atoms with Crippen LogP contribution in [0.1, 0.15) is 26.3 Å². The van der Waals surface area contributed by atoms with E-state index in [2.05, 4.69) is 5.32 Å². The van der Waals surface area contributed by atoms with Crippen LogP contribution < -0.4 is 5.32 Å². The Hall–Kier alpha value is -0.910.